The number of benzene rings is 1. The van der Waals surface area contributed by atoms with Crippen LogP contribution in [0.25, 0.3) is 11.0 Å². The van der Waals surface area contributed by atoms with Crippen molar-refractivity contribution in [3.8, 4) is 0 Å². The monoisotopic (exact) mass is 243 g/mol. The molecule has 1 N–H and O–H groups in total. The Labute approximate surface area is 103 Å². The molecule has 92 valence electrons. The molecule has 1 aliphatic rings. The van der Waals surface area contributed by atoms with Crippen molar-refractivity contribution in [1.29, 1.82) is 0 Å². The van der Waals surface area contributed by atoms with Crippen molar-refractivity contribution < 1.29 is 4.79 Å². The van der Waals surface area contributed by atoms with E-state index in [1.807, 2.05) is 12.1 Å². The van der Waals surface area contributed by atoms with Gasteiger partial charge < -0.3 is 9.88 Å². The highest BCUT2D eigenvalue weighted by molar-refractivity contribution is 5.93. The lowest BCUT2D eigenvalue weighted by atomic mass is 10.3. The van der Waals surface area contributed by atoms with Crippen LogP contribution in [-0.4, -0.2) is 33.9 Å². The molecule has 0 spiro atoms. The summed E-state index contributed by atoms with van der Waals surface area (Å²) in [6.45, 7) is 1.43. The van der Waals surface area contributed by atoms with Crippen LogP contribution in [0.4, 0.5) is 0 Å². The fraction of sp³-hybridized carbons (Fsp3) is 0.308. The highest BCUT2D eigenvalue weighted by Gasteiger charge is 2.23. The minimum atomic E-state index is -0.411. The van der Waals surface area contributed by atoms with E-state index in [-0.39, 0.29) is 11.6 Å². The third-order valence-electron chi connectivity index (χ3n) is 3.20. The van der Waals surface area contributed by atoms with Gasteiger partial charge in [-0.1, -0.05) is 12.1 Å². The Morgan fingerprint density at radius 2 is 1.94 bits per heavy atom. The van der Waals surface area contributed by atoms with Gasteiger partial charge in [0.25, 0.3) is 11.5 Å². The molecule has 1 fully saturated rings. The second-order valence-electron chi connectivity index (χ2n) is 4.43. The minimum Gasteiger partial charge on any atom is -0.337 e. The van der Waals surface area contributed by atoms with Gasteiger partial charge in [0.15, 0.2) is 5.69 Å². The number of carbonyl (C=O) groups is 1. The van der Waals surface area contributed by atoms with E-state index in [4.69, 9.17) is 0 Å². The number of H-pyrrole nitrogens is 1. The molecule has 2 aromatic rings. The predicted molar refractivity (Wildman–Crippen MR) is 67.5 cm³/mol. The molecule has 1 saturated heterocycles. The molecule has 1 aromatic heterocycles. The zero-order valence-electron chi connectivity index (χ0n) is 9.85. The highest BCUT2D eigenvalue weighted by Crippen LogP contribution is 2.11. The largest absolute Gasteiger partial charge is 0.337 e. The van der Waals surface area contributed by atoms with E-state index in [1.165, 1.54) is 0 Å². The summed E-state index contributed by atoms with van der Waals surface area (Å²) in [5.41, 5.74) is 0.876. The van der Waals surface area contributed by atoms with Crippen LogP contribution in [0.2, 0.25) is 0 Å². The normalized spacial score (nSPS) is 15.2. The lowest BCUT2D eigenvalue weighted by molar-refractivity contribution is 0.0785. The van der Waals surface area contributed by atoms with Crippen molar-refractivity contribution in [2.75, 3.05) is 13.1 Å². The van der Waals surface area contributed by atoms with Crippen LogP contribution in [0.15, 0.2) is 29.1 Å². The van der Waals surface area contributed by atoms with Gasteiger partial charge in [0.2, 0.25) is 0 Å². The first-order valence-electron chi connectivity index (χ1n) is 6.04. The molecule has 0 bridgehead atoms. The maximum Gasteiger partial charge on any atom is 0.280 e. The van der Waals surface area contributed by atoms with Crippen molar-refractivity contribution in [2.45, 2.75) is 12.8 Å². The smallest absolute Gasteiger partial charge is 0.280 e. The molecule has 0 radical (unpaired) electrons. The Kier molecular flexibility index (Phi) is 2.59. The molecule has 0 saturated carbocycles. The summed E-state index contributed by atoms with van der Waals surface area (Å²) in [6, 6.07) is 7.21. The topological polar surface area (TPSA) is 66.1 Å². The zero-order chi connectivity index (χ0) is 12.5. The number of carbonyl (C=O) groups excluding carboxylic acids is 1. The number of aromatic nitrogens is 2. The number of para-hydroxylation sites is 2. The van der Waals surface area contributed by atoms with Gasteiger partial charge >= 0.3 is 0 Å². The molecular formula is C13H13N3O2. The molecule has 0 unspecified atom stereocenters. The molecule has 0 aliphatic carbocycles. The van der Waals surface area contributed by atoms with Gasteiger partial charge in [-0.25, -0.2) is 4.98 Å². The number of nitrogens with zero attached hydrogens (tertiary/aromatic N) is 2. The Morgan fingerprint density at radius 3 is 2.72 bits per heavy atom. The van der Waals surface area contributed by atoms with E-state index in [0.717, 1.165) is 12.8 Å². The number of aromatic amines is 1. The van der Waals surface area contributed by atoms with Crippen molar-refractivity contribution in [2.24, 2.45) is 0 Å². The second-order valence-corrected chi connectivity index (χ2v) is 4.43. The van der Waals surface area contributed by atoms with Gasteiger partial charge in [0.1, 0.15) is 0 Å². The first-order valence-corrected chi connectivity index (χ1v) is 6.04. The maximum atomic E-state index is 12.2. The fourth-order valence-electron chi connectivity index (χ4n) is 2.24. The number of nitrogens with one attached hydrogen (secondary N) is 1. The first-order chi connectivity index (χ1) is 8.75. The van der Waals surface area contributed by atoms with Gasteiger partial charge in [-0.15, -0.1) is 0 Å². The number of hydrogen-bond donors (Lipinski definition) is 1. The van der Waals surface area contributed by atoms with Crippen LogP contribution in [0.5, 0.6) is 0 Å². The van der Waals surface area contributed by atoms with Crippen LogP contribution in [0, 0.1) is 0 Å². The molecule has 5 heteroatoms. The number of rotatable bonds is 1. The lowest BCUT2D eigenvalue weighted by Crippen LogP contribution is -2.33. The zero-order valence-corrected chi connectivity index (χ0v) is 9.85. The number of likely N-dealkylation sites (tertiary alicyclic amines) is 1. The summed E-state index contributed by atoms with van der Waals surface area (Å²) >= 11 is 0. The summed E-state index contributed by atoms with van der Waals surface area (Å²) in [5, 5.41) is 0. The molecule has 3 rings (SSSR count). The summed E-state index contributed by atoms with van der Waals surface area (Å²) < 4.78 is 0. The van der Waals surface area contributed by atoms with Gasteiger partial charge in [-0.3, -0.25) is 9.59 Å². The van der Waals surface area contributed by atoms with Crippen LogP contribution < -0.4 is 5.56 Å². The van der Waals surface area contributed by atoms with Crippen LogP contribution in [0.3, 0.4) is 0 Å². The molecule has 1 aliphatic heterocycles. The maximum absolute atomic E-state index is 12.2. The van der Waals surface area contributed by atoms with Gasteiger partial charge in [-0.05, 0) is 25.0 Å². The van der Waals surface area contributed by atoms with Crippen molar-refractivity contribution >= 4 is 16.9 Å². The van der Waals surface area contributed by atoms with E-state index >= 15 is 0 Å². The number of fused-ring (bicyclic) bond motifs is 1. The average molecular weight is 243 g/mol. The van der Waals surface area contributed by atoms with E-state index in [2.05, 4.69) is 9.97 Å². The molecule has 1 aromatic carbocycles. The number of hydrogen-bond acceptors (Lipinski definition) is 3. The second kappa shape index (κ2) is 4.25. The molecule has 1 amide bonds. The third-order valence-corrected chi connectivity index (χ3v) is 3.20. The highest BCUT2D eigenvalue weighted by atomic mass is 16.2. The van der Waals surface area contributed by atoms with Crippen molar-refractivity contribution in [3.63, 3.8) is 0 Å². The van der Waals surface area contributed by atoms with Crippen LogP contribution in [-0.2, 0) is 0 Å². The van der Waals surface area contributed by atoms with Gasteiger partial charge in [0, 0.05) is 13.1 Å². The Bertz CT molecular complexity index is 657. The Balaban J connectivity index is 2.08. The van der Waals surface area contributed by atoms with Crippen LogP contribution >= 0.6 is 0 Å². The molecule has 0 atom stereocenters. The molecular weight excluding hydrogens is 230 g/mol. The van der Waals surface area contributed by atoms with Gasteiger partial charge in [0.05, 0.1) is 11.0 Å². The first kappa shape index (κ1) is 11.0. The summed E-state index contributed by atoms with van der Waals surface area (Å²) in [4.78, 5) is 32.6. The van der Waals surface area contributed by atoms with Gasteiger partial charge in [-0.2, -0.15) is 0 Å². The summed E-state index contributed by atoms with van der Waals surface area (Å²) in [7, 11) is 0. The Morgan fingerprint density at radius 1 is 1.22 bits per heavy atom. The third kappa shape index (κ3) is 1.77. The van der Waals surface area contributed by atoms with E-state index < -0.39 is 5.56 Å². The molecule has 18 heavy (non-hydrogen) atoms. The fourth-order valence-corrected chi connectivity index (χ4v) is 2.24. The SMILES string of the molecule is O=C(c1nc2ccccc2[nH]c1=O)N1CCCC1. The Hall–Kier alpha value is -2.17. The van der Waals surface area contributed by atoms with E-state index in [9.17, 15) is 9.59 Å². The van der Waals surface area contributed by atoms with Crippen molar-refractivity contribution in [1.82, 2.24) is 14.9 Å². The predicted octanol–water partition coefficient (Wildman–Crippen LogP) is 1.16. The standard InChI is InChI=1S/C13H13N3O2/c17-12-11(13(18)16-7-3-4-8-16)14-9-5-1-2-6-10(9)15-12/h1-2,5-6H,3-4,7-8H2,(H,15,17). The minimum absolute atomic E-state index is 0.00407. The molecule has 5 nitrogen and oxygen atoms in total. The van der Waals surface area contributed by atoms with E-state index in [0.29, 0.717) is 24.1 Å². The van der Waals surface area contributed by atoms with Crippen LogP contribution in [0.1, 0.15) is 23.3 Å². The average Bonchev–Trinajstić information content (AvgIpc) is 2.91. The summed E-state index contributed by atoms with van der Waals surface area (Å²) in [5.74, 6) is -0.264. The lowest BCUT2D eigenvalue weighted by Gasteiger charge is -2.13. The summed E-state index contributed by atoms with van der Waals surface area (Å²) in [6.07, 6.45) is 1.99. The van der Waals surface area contributed by atoms with E-state index in [1.54, 1.807) is 17.0 Å². The number of amides is 1. The van der Waals surface area contributed by atoms with Crippen molar-refractivity contribution in [3.05, 3.63) is 40.3 Å². The quantitative estimate of drug-likeness (QED) is 0.817. The molecule has 2 heterocycles.